The lowest BCUT2D eigenvalue weighted by atomic mass is 9.80. The van der Waals surface area contributed by atoms with E-state index < -0.39 is 81.3 Å². The minimum Gasteiger partial charge on any atom is -0.504 e. The summed E-state index contributed by atoms with van der Waals surface area (Å²) in [5.74, 6) is -6.03. The standard InChI is InChI=1S/C28H28N8O12S2/c29-27-33-16(12-49-27)20(35-48-28(26(43)44)6-1-7-28)24(41)34-21-17(36(25(21)42)50(45,46)47)10-32-22(39)14-4-2-13(3-5-14)9-31-23(40)15-8-18(37)19(38)11-30-15/h2-5,8,11-12,17,21,38H,1,6-7,9-10H2,(H2,29,33)(H,30,37)(H,31,40)(H,32,39)(H,34,41)(H,43,44)(H,45,46,47)/b35-20-/t17-,21+/m1/s1. The summed E-state index contributed by atoms with van der Waals surface area (Å²) >= 11 is 0.929. The predicted octanol–water partition coefficient (Wildman–Crippen LogP) is -0.882. The smallest absolute Gasteiger partial charge is 0.362 e. The number of aromatic nitrogens is 2. The zero-order chi connectivity index (χ0) is 36.4. The van der Waals surface area contributed by atoms with E-state index in [1.807, 2.05) is 0 Å². The van der Waals surface area contributed by atoms with E-state index in [-0.39, 0.29) is 45.8 Å². The second kappa shape index (κ2) is 13.9. The highest BCUT2D eigenvalue weighted by Gasteiger charge is 2.54. The Morgan fingerprint density at radius 1 is 1.08 bits per heavy atom. The highest BCUT2D eigenvalue weighted by atomic mass is 32.2. The molecule has 2 aliphatic rings. The van der Waals surface area contributed by atoms with Crippen molar-refractivity contribution in [3.8, 4) is 11.5 Å². The van der Waals surface area contributed by atoms with Gasteiger partial charge in [0.1, 0.15) is 17.4 Å². The molecule has 1 saturated carbocycles. The molecule has 9 N–H and O–H groups in total. The summed E-state index contributed by atoms with van der Waals surface area (Å²) in [6.45, 7) is -0.561. The van der Waals surface area contributed by atoms with Crippen molar-refractivity contribution in [1.82, 2.24) is 30.2 Å². The topological polar surface area (TPSA) is 313 Å². The van der Waals surface area contributed by atoms with Gasteiger partial charge < -0.3 is 41.8 Å². The SMILES string of the molecule is Nc1nc(/C(=N/OC2(C(=O)O)CCC2)C(=O)N[C@@H]2C(=O)N(S(=O)(=O)O)[C@@H]2CNC(=O)c2ccc(CNC(=O)c3cc(O)c(O)cn3)cc2)cs1. The van der Waals surface area contributed by atoms with Gasteiger partial charge in [0.15, 0.2) is 22.3 Å². The fourth-order valence-electron chi connectivity index (χ4n) is 4.86. The minimum absolute atomic E-state index is 0.0000514. The van der Waals surface area contributed by atoms with E-state index in [2.05, 4.69) is 31.1 Å². The second-order valence-corrected chi connectivity index (χ2v) is 13.2. The zero-order valence-corrected chi connectivity index (χ0v) is 27.1. The van der Waals surface area contributed by atoms with Crippen LogP contribution in [0.1, 0.15) is 51.4 Å². The number of oxime groups is 1. The van der Waals surface area contributed by atoms with Crippen molar-refractivity contribution in [3.05, 3.63) is 64.4 Å². The zero-order valence-electron chi connectivity index (χ0n) is 25.5. The Bertz CT molecular complexity index is 2000. The molecule has 2 fully saturated rings. The van der Waals surface area contributed by atoms with E-state index in [1.54, 1.807) is 0 Å². The molecule has 3 heterocycles. The Labute approximate surface area is 285 Å². The first-order chi connectivity index (χ1) is 23.6. The maximum atomic E-state index is 13.3. The number of benzene rings is 1. The van der Waals surface area contributed by atoms with E-state index in [4.69, 9.17) is 10.6 Å². The molecule has 264 valence electrons. The molecule has 0 radical (unpaired) electrons. The van der Waals surface area contributed by atoms with Gasteiger partial charge in [-0.05, 0) is 24.1 Å². The third-order valence-electron chi connectivity index (χ3n) is 7.78. The second-order valence-electron chi connectivity index (χ2n) is 11.0. The molecule has 2 aromatic heterocycles. The van der Waals surface area contributed by atoms with Crippen LogP contribution < -0.4 is 21.7 Å². The molecule has 2 atom stereocenters. The maximum absolute atomic E-state index is 13.3. The summed E-state index contributed by atoms with van der Waals surface area (Å²) in [5.41, 5.74) is 3.82. The summed E-state index contributed by atoms with van der Waals surface area (Å²) in [7, 11) is -5.12. The monoisotopic (exact) mass is 732 g/mol. The van der Waals surface area contributed by atoms with Crippen LogP contribution in [0.4, 0.5) is 5.13 Å². The largest absolute Gasteiger partial charge is 0.504 e. The first kappa shape index (κ1) is 35.4. The van der Waals surface area contributed by atoms with Crippen molar-refractivity contribution in [2.75, 3.05) is 12.3 Å². The van der Waals surface area contributed by atoms with Gasteiger partial charge in [-0.3, -0.25) is 23.7 Å². The molecule has 0 bridgehead atoms. The summed E-state index contributed by atoms with van der Waals surface area (Å²) in [6.07, 6.45) is 1.70. The number of carbonyl (C=O) groups excluding carboxylic acids is 4. The van der Waals surface area contributed by atoms with E-state index in [0.717, 1.165) is 23.6 Å². The molecule has 0 unspecified atom stereocenters. The quantitative estimate of drug-likeness (QED) is 0.0458. The van der Waals surface area contributed by atoms with Crippen molar-refractivity contribution >= 4 is 62.1 Å². The number of nitrogens with zero attached hydrogens (tertiary/aromatic N) is 4. The fraction of sp³-hybridized carbons (Fsp3) is 0.286. The van der Waals surface area contributed by atoms with Crippen molar-refractivity contribution in [2.45, 2.75) is 43.5 Å². The van der Waals surface area contributed by atoms with Crippen LogP contribution in [0, 0.1) is 0 Å². The molecule has 1 aliphatic carbocycles. The normalized spacial score (nSPS) is 18.3. The van der Waals surface area contributed by atoms with Crippen molar-refractivity contribution in [1.29, 1.82) is 0 Å². The summed E-state index contributed by atoms with van der Waals surface area (Å²) in [5, 5.41) is 40.8. The van der Waals surface area contributed by atoms with Gasteiger partial charge in [-0.25, -0.2) is 19.1 Å². The number of aromatic hydroxyl groups is 2. The number of carboxylic acids is 1. The number of carboxylic acid groups (broad SMARTS) is 1. The molecule has 1 saturated heterocycles. The number of nitrogens with two attached hydrogens (primary N) is 1. The van der Waals surface area contributed by atoms with Crippen LogP contribution in [0.5, 0.6) is 11.5 Å². The molecule has 1 aliphatic heterocycles. The van der Waals surface area contributed by atoms with E-state index >= 15 is 0 Å². The first-order valence-corrected chi connectivity index (χ1v) is 16.7. The average molecular weight is 733 g/mol. The summed E-state index contributed by atoms with van der Waals surface area (Å²) < 4.78 is 33.7. The first-order valence-electron chi connectivity index (χ1n) is 14.5. The molecule has 5 rings (SSSR count). The maximum Gasteiger partial charge on any atom is 0.362 e. The third-order valence-corrected chi connectivity index (χ3v) is 9.40. The summed E-state index contributed by atoms with van der Waals surface area (Å²) in [4.78, 5) is 75.9. The van der Waals surface area contributed by atoms with Gasteiger partial charge in [0, 0.05) is 42.9 Å². The van der Waals surface area contributed by atoms with Crippen LogP contribution >= 0.6 is 11.3 Å². The van der Waals surface area contributed by atoms with Crippen molar-refractivity contribution in [2.24, 2.45) is 5.16 Å². The number of nitrogen functional groups attached to an aromatic ring is 1. The third kappa shape index (κ3) is 7.40. The van der Waals surface area contributed by atoms with Gasteiger partial charge in [-0.2, -0.15) is 8.42 Å². The minimum atomic E-state index is -5.12. The number of β-lactam (4-membered cyclic amide) rings is 1. The fourth-order valence-corrected chi connectivity index (χ4v) is 6.28. The number of nitrogens with one attached hydrogen (secondary N) is 3. The van der Waals surface area contributed by atoms with Crippen molar-refractivity contribution in [3.63, 3.8) is 0 Å². The Morgan fingerprint density at radius 2 is 1.78 bits per heavy atom. The van der Waals surface area contributed by atoms with Crippen LogP contribution in [0.15, 0.2) is 47.1 Å². The average Bonchev–Trinajstić information content (AvgIpc) is 3.47. The summed E-state index contributed by atoms with van der Waals surface area (Å²) in [6, 6.07) is 3.68. The number of aliphatic carboxylic acids is 1. The Morgan fingerprint density at radius 3 is 2.34 bits per heavy atom. The Kier molecular flexibility index (Phi) is 9.87. The van der Waals surface area contributed by atoms with Crippen LogP contribution in [0.2, 0.25) is 0 Å². The molecule has 4 amide bonds. The number of pyridine rings is 1. The lowest BCUT2D eigenvalue weighted by Gasteiger charge is -2.44. The van der Waals surface area contributed by atoms with Crippen LogP contribution in [-0.2, 0) is 36.1 Å². The van der Waals surface area contributed by atoms with Crippen molar-refractivity contribution < 1.29 is 57.1 Å². The van der Waals surface area contributed by atoms with Gasteiger partial charge in [-0.1, -0.05) is 17.3 Å². The molecule has 3 aromatic rings. The predicted molar refractivity (Wildman–Crippen MR) is 170 cm³/mol. The highest BCUT2D eigenvalue weighted by molar-refractivity contribution is 7.84. The number of rotatable bonds is 13. The van der Waals surface area contributed by atoms with Gasteiger partial charge in [-0.15, -0.1) is 11.3 Å². The number of anilines is 1. The number of carbonyl (C=O) groups is 5. The Balaban J connectivity index is 1.24. The number of hydrogen-bond acceptors (Lipinski definition) is 15. The van der Waals surface area contributed by atoms with Crippen LogP contribution in [0.3, 0.4) is 0 Å². The van der Waals surface area contributed by atoms with Crippen LogP contribution in [0.25, 0.3) is 0 Å². The number of thiazole rings is 1. The van der Waals surface area contributed by atoms with Gasteiger partial charge in [0.25, 0.3) is 23.6 Å². The molecule has 22 heteroatoms. The molecule has 0 spiro atoms. The van der Waals surface area contributed by atoms with E-state index in [1.165, 1.54) is 29.6 Å². The molecule has 1 aromatic carbocycles. The van der Waals surface area contributed by atoms with Gasteiger partial charge in [0.05, 0.1) is 12.2 Å². The lowest BCUT2D eigenvalue weighted by Crippen LogP contribution is -2.74. The molecule has 20 nitrogen and oxygen atoms in total. The highest BCUT2D eigenvalue weighted by Crippen LogP contribution is 2.36. The lowest BCUT2D eigenvalue weighted by molar-refractivity contribution is -0.178. The number of amides is 4. The Hall–Kier alpha value is -5.87. The van der Waals surface area contributed by atoms with Gasteiger partial charge >= 0.3 is 16.3 Å². The number of hydrogen-bond donors (Lipinski definition) is 8. The van der Waals surface area contributed by atoms with E-state index in [0.29, 0.717) is 12.0 Å². The van der Waals surface area contributed by atoms with E-state index in [9.17, 15) is 52.3 Å². The molecular weight excluding hydrogens is 704 g/mol. The molecule has 50 heavy (non-hydrogen) atoms. The van der Waals surface area contributed by atoms with Crippen LogP contribution in [-0.4, -0.2) is 102 Å². The molecular formula is C28H28N8O12S2. The van der Waals surface area contributed by atoms with Gasteiger partial charge in [0.2, 0.25) is 5.60 Å².